The monoisotopic (exact) mass is 392 g/mol. The first-order chi connectivity index (χ1) is 14.1. The van der Waals surface area contributed by atoms with E-state index in [4.69, 9.17) is 9.72 Å². The summed E-state index contributed by atoms with van der Waals surface area (Å²) in [5.74, 6) is 2.03. The Labute approximate surface area is 171 Å². The van der Waals surface area contributed by atoms with Crippen LogP contribution in [0.3, 0.4) is 0 Å². The number of rotatable bonds is 4. The zero-order valence-electron chi connectivity index (χ0n) is 17.1. The van der Waals surface area contributed by atoms with Gasteiger partial charge in [-0.15, -0.1) is 0 Å². The Kier molecular flexibility index (Phi) is 4.56. The van der Waals surface area contributed by atoms with E-state index in [0.717, 1.165) is 60.6 Å². The van der Waals surface area contributed by atoms with Gasteiger partial charge in [-0.05, 0) is 25.0 Å². The Morgan fingerprint density at radius 3 is 2.66 bits per heavy atom. The fraction of sp³-hybridized carbons (Fsp3) is 0.478. The third-order valence-electron chi connectivity index (χ3n) is 6.83. The molecule has 2 aromatic heterocycles. The Bertz CT molecular complexity index is 1020. The van der Waals surface area contributed by atoms with Crippen LogP contribution in [-0.4, -0.2) is 44.7 Å². The molecule has 5 rings (SSSR count). The van der Waals surface area contributed by atoms with E-state index in [-0.39, 0.29) is 11.8 Å². The predicted octanol–water partition coefficient (Wildman–Crippen LogP) is 3.10. The minimum atomic E-state index is -0.826. The molecular weight excluding hydrogens is 364 g/mol. The van der Waals surface area contributed by atoms with Crippen molar-refractivity contribution < 1.29 is 9.84 Å². The van der Waals surface area contributed by atoms with E-state index < -0.39 is 5.60 Å². The second-order valence-electron chi connectivity index (χ2n) is 8.54. The lowest BCUT2D eigenvalue weighted by atomic mass is 9.65. The summed E-state index contributed by atoms with van der Waals surface area (Å²) in [6.45, 7) is 2.52. The van der Waals surface area contributed by atoms with Gasteiger partial charge >= 0.3 is 0 Å². The van der Waals surface area contributed by atoms with Crippen molar-refractivity contribution in [1.29, 1.82) is 0 Å². The first-order valence-electron chi connectivity index (χ1n) is 10.4. The molecule has 2 atom stereocenters. The number of hydrogen-bond acceptors (Lipinski definition) is 5. The molecule has 3 aromatic rings. The lowest BCUT2D eigenvalue weighted by molar-refractivity contribution is -0.155. The number of para-hydroxylation sites is 1. The standard InChI is InChI=1S/C23H28N4O2/c1-26-12-11-24-22(26)23(28)17-6-4-7-18(23)14-27(13-17)15-19-10-9-16-5-3-8-20(29-2)21(16)25-19/h3,5,8-12,17-18,28H,4,6-7,13-15H2,1-2H3/t17-,18-/m0/s1. The summed E-state index contributed by atoms with van der Waals surface area (Å²) in [6.07, 6.45) is 6.98. The van der Waals surface area contributed by atoms with Crippen molar-refractivity contribution in [2.24, 2.45) is 18.9 Å². The number of aromatic nitrogens is 3. The quantitative estimate of drug-likeness (QED) is 0.739. The molecule has 1 saturated carbocycles. The summed E-state index contributed by atoms with van der Waals surface area (Å²) in [5, 5.41) is 12.8. The third kappa shape index (κ3) is 3.02. The van der Waals surface area contributed by atoms with E-state index >= 15 is 0 Å². The van der Waals surface area contributed by atoms with Crippen LogP contribution in [0.2, 0.25) is 0 Å². The van der Waals surface area contributed by atoms with Gasteiger partial charge in [0.1, 0.15) is 22.7 Å². The maximum Gasteiger partial charge on any atom is 0.145 e. The van der Waals surface area contributed by atoms with E-state index in [2.05, 4.69) is 28.1 Å². The smallest absolute Gasteiger partial charge is 0.145 e. The molecule has 3 heterocycles. The molecule has 1 aliphatic carbocycles. The topological polar surface area (TPSA) is 63.4 Å². The van der Waals surface area contributed by atoms with Gasteiger partial charge in [-0.1, -0.05) is 24.6 Å². The average Bonchev–Trinajstić information content (AvgIpc) is 3.15. The van der Waals surface area contributed by atoms with Gasteiger partial charge in [0.25, 0.3) is 0 Å². The number of aryl methyl sites for hydroxylation is 1. The Balaban J connectivity index is 1.41. The van der Waals surface area contributed by atoms with Crippen LogP contribution in [-0.2, 0) is 19.2 Å². The van der Waals surface area contributed by atoms with Gasteiger partial charge in [0.2, 0.25) is 0 Å². The fourth-order valence-electron chi connectivity index (χ4n) is 5.43. The number of benzene rings is 1. The van der Waals surface area contributed by atoms with Crippen molar-refractivity contribution in [3.05, 3.63) is 54.2 Å². The summed E-state index contributed by atoms with van der Waals surface area (Å²) in [5.41, 5.74) is 1.13. The molecule has 0 amide bonds. The van der Waals surface area contributed by atoms with Gasteiger partial charge < -0.3 is 14.4 Å². The highest BCUT2D eigenvalue weighted by atomic mass is 16.5. The summed E-state index contributed by atoms with van der Waals surface area (Å²) < 4.78 is 7.48. The number of ether oxygens (including phenoxy) is 1. The van der Waals surface area contributed by atoms with Crippen LogP contribution in [0.5, 0.6) is 5.75 Å². The zero-order valence-corrected chi connectivity index (χ0v) is 17.1. The Hall–Kier alpha value is -2.44. The number of piperidine rings is 1. The van der Waals surface area contributed by atoms with Crippen LogP contribution in [0.15, 0.2) is 42.7 Å². The van der Waals surface area contributed by atoms with E-state index in [0.29, 0.717) is 0 Å². The van der Waals surface area contributed by atoms with Crippen molar-refractivity contribution in [1.82, 2.24) is 19.4 Å². The molecular formula is C23H28N4O2. The normalized spacial score (nSPS) is 27.3. The summed E-state index contributed by atoms with van der Waals surface area (Å²) >= 11 is 0. The fourth-order valence-corrected chi connectivity index (χ4v) is 5.43. The van der Waals surface area contributed by atoms with Gasteiger partial charge in [0.05, 0.1) is 12.8 Å². The number of fused-ring (bicyclic) bond motifs is 3. The molecule has 2 aliphatic rings. The number of methoxy groups -OCH3 is 1. The average molecular weight is 393 g/mol. The molecule has 6 heteroatoms. The number of likely N-dealkylation sites (tertiary alicyclic amines) is 1. The van der Waals surface area contributed by atoms with Crippen LogP contribution in [0.1, 0.15) is 30.8 Å². The van der Waals surface area contributed by atoms with Crippen molar-refractivity contribution >= 4 is 10.9 Å². The SMILES string of the molecule is COc1cccc2ccc(CN3C[C@@H]4CCC[C@@H](C3)C4(O)c3nccn3C)nc12. The Morgan fingerprint density at radius 2 is 1.97 bits per heavy atom. The molecule has 0 spiro atoms. The maximum absolute atomic E-state index is 11.7. The Morgan fingerprint density at radius 1 is 1.17 bits per heavy atom. The van der Waals surface area contributed by atoms with Crippen LogP contribution in [0, 0.1) is 11.8 Å². The molecule has 2 bridgehead atoms. The molecule has 29 heavy (non-hydrogen) atoms. The van der Waals surface area contributed by atoms with E-state index in [1.807, 2.05) is 29.9 Å². The molecule has 152 valence electrons. The molecule has 0 radical (unpaired) electrons. The van der Waals surface area contributed by atoms with Crippen LogP contribution >= 0.6 is 0 Å². The lowest BCUT2D eigenvalue weighted by Gasteiger charge is -2.52. The van der Waals surface area contributed by atoms with Gasteiger partial charge in [0, 0.05) is 56.3 Å². The summed E-state index contributed by atoms with van der Waals surface area (Å²) in [7, 11) is 3.67. The zero-order chi connectivity index (χ0) is 20.0. The van der Waals surface area contributed by atoms with Crippen molar-refractivity contribution in [2.75, 3.05) is 20.2 Å². The van der Waals surface area contributed by atoms with Gasteiger partial charge in [0.15, 0.2) is 0 Å². The van der Waals surface area contributed by atoms with Crippen LogP contribution < -0.4 is 4.74 Å². The van der Waals surface area contributed by atoms with E-state index in [1.165, 1.54) is 6.42 Å². The molecule has 1 N–H and O–H groups in total. The van der Waals surface area contributed by atoms with Crippen molar-refractivity contribution in [3.8, 4) is 5.75 Å². The summed E-state index contributed by atoms with van der Waals surface area (Å²) in [4.78, 5) is 11.9. The highest BCUT2D eigenvalue weighted by Gasteiger charge is 2.53. The van der Waals surface area contributed by atoms with E-state index in [9.17, 15) is 5.11 Å². The molecule has 1 saturated heterocycles. The van der Waals surface area contributed by atoms with Crippen LogP contribution in [0.4, 0.5) is 0 Å². The minimum Gasteiger partial charge on any atom is -0.494 e. The highest BCUT2D eigenvalue weighted by Crippen LogP contribution is 2.48. The second kappa shape index (κ2) is 7.11. The number of imidazole rings is 1. The number of hydrogen-bond donors (Lipinski definition) is 1. The third-order valence-corrected chi connectivity index (χ3v) is 6.83. The first-order valence-corrected chi connectivity index (χ1v) is 10.4. The lowest BCUT2D eigenvalue weighted by Crippen LogP contribution is -2.58. The number of aliphatic hydroxyl groups is 1. The minimum absolute atomic E-state index is 0.200. The molecule has 0 unspecified atom stereocenters. The van der Waals surface area contributed by atoms with Crippen molar-refractivity contribution in [3.63, 3.8) is 0 Å². The van der Waals surface area contributed by atoms with Crippen LogP contribution in [0.25, 0.3) is 10.9 Å². The first kappa shape index (κ1) is 18.6. The number of nitrogens with zero attached hydrogens (tertiary/aromatic N) is 4. The maximum atomic E-state index is 11.7. The largest absolute Gasteiger partial charge is 0.494 e. The summed E-state index contributed by atoms with van der Waals surface area (Å²) in [6, 6.07) is 10.2. The highest BCUT2D eigenvalue weighted by molar-refractivity contribution is 5.84. The predicted molar refractivity (Wildman–Crippen MR) is 112 cm³/mol. The number of pyridine rings is 1. The van der Waals surface area contributed by atoms with Gasteiger partial charge in [-0.25, -0.2) is 9.97 Å². The molecule has 2 fully saturated rings. The van der Waals surface area contributed by atoms with Crippen molar-refractivity contribution in [2.45, 2.75) is 31.4 Å². The van der Waals surface area contributed by atoms with Gasteiger partial charge in [-0.2, -0.15) is 0 Å². The molecule has 6 nitrogen and oxygen atoms in total. The molecule has 1 aliphatic heterocycles. The molecule has 1 aromatic carbocycles. The van der Waals surface area contributed by atoms with Gasteiger partial charge in [-0.3, -0.25) is 4.90 Å². The van der Waals surface area contributed by atoms with E-state index in [1.54, 1.807) is 13.3 Å². The second-order valence-corrected chi connectivity index (χ2v) is 8.54.